The minimum Gasteiger partial charge on any atom is -0.394 e. The summed E-state index contributed by atoms with van der Waals surface area (Å²) < 4.78 is 22.3. The molecule has 3 amide bonds. The fourth-order valence-corrected chi connectivity index (χ4v) is 5.89. The van der Waals surface area contributed by atoms with Gasteiger partial charge in [0, 0.05) is 52.5 Å². The number of nitrogens with one attached hydrogen (secondary N) is 3. The van der Waals surface area contributed by atoms with Gasteiger partial charge in [-0.25, -0.2) is 0 Å². The largest absolute Gasteiger partial charge is 0.394 e. The molecule has 2 aliphatic heterocycles. The number of amides is 3. The molecule has 16 heteroatoms. The van der Waals surface area contributed by atoms with Gasteiger partial charge in [0.1, 0.15) is 36.6 Å². The van der Waals surface area contributed by atoms with Gasteiger partial charge in [0.05, 0.1) is 19.3 Å². The highest BCUT2D eigenvalue weighted by atomic mass is 16.7. The van der Waals surface area contributed by atoms with Crippen LogP contribution in [0.25, 0.3) is 0 Å². The van der Waals surface area contributed by atoms with Gasteiger partial charge in [0.25, 0.3) is 0 Å². The van der Waals surface area contributed by atoms with Crippen LogP contribution >= 0.6 is 0 Å². The molecule has 2 heterocycles. The van der Waals surface area contributed by atoms with Crippen LogP contribution in [0.2, 0.25) is 0 Å². The number of aliphatic hydroxyl groups excluding tert-OH is 6. The quantitative estimate of drug-likeness (QED) is 0.0555. The summed E-state index contributed by atoms with van der Waals surface area (Å²) in [5.41, 5.74) is 0. The Hall–Kier alpha value is -1.99. The molecule has 16 nitrogen and oxygen atoms in total. The molecule has 0 aromatic heterocycles. The molecular weight excluding hydrogens is 658 g/mol. The molecule has 0 spiro atoms. The van der Waals surface area contributed by atoms with E-state index in [4.69, 9.17) is 18.9 Å². The highest BCUT2D eigenvalue weighted by Crippen LogP contribution is 2.23. The maximum absolute atomic E-state index is 12.5. The smallest absolute Gasteiger partial charge is 0.220 e. The number of hydrogen-bond donors (Lipinski definition) is 9. The first-order valence-electron chi connectivity index (χ1n) is 18.2. The first-order valence-corrected chi connectivity index (χ1v) is 18.2. The molecule has 0 radical (unpaired) electrons. The van der Waals surface area contributed by atoms with Gasteiger partial charge in [-0.1, -0.05) is 39.5 Å². The predicted octanol–water partition coefficient (Wildman–Crippen LogP) is -0.802. The summed E-state index contributed by atoms with van der Waals surface area (Å²) in [5, 5.41) is 67.2. The minimum atomic E-state index is -1.36. The maximum Gasteiger partial charge on any atom is 0.220 e. The van der Waals surface area contributed by atoms with Gasteiger partial charge < -0.3 is 65.5 Å². The van der Waals surface area contributed by atoms with E-state index in [1.807, 2.05) is 0 Å². The van der Waals surface area contributed by atoms with E-state index in [1.54, 1.807) is 0 Å². The number of carbonyl (C=O) groups excluding carboxylic acids is 3. The van der Waals surface area contributed by atoms with E-state index in [9.17, 15) is 45.0 Å². The molecule has 0 bridgehead atoms. The molecule has 2 saturated heterocycles. The first-order chi connectivity index (χ1) is 23.9. The standard InChI is InChI=1S/C34H63N3O13/c1-21(2)23(17-35-27(42)12-8-4-6-10-14-47-29-16-24(41)31(44)25(19-38)49-29)18-36-28(43)13-9-5-7-11-15-48-34-30(37-22(3)40)33(46)32(45)26(20-39)50-34/h21,23-26,29-34,38-39,41,44-46H,4-20H2,1-3H3,(H,35,42)(H,36,43)(H,37,40). The van der Waals surface area contributed by atoms with Crippen LogP contribution in [0.3, 0.4) is 0 Å². The molecule has 0 aromatic carbocycles. The molecule has 0 aliphatic carbocycles. The van der Waals surface area contributed by atoms with E-state index in [1.165, 1.54) is 6.92 Å². The van der Waals surface area contributed by atoms with Crippen LogP contribution in [0, 0.1) is 11.8 Å². The number of hydrogen-bond acceptors (Lipinski definition) is 13. The minimum absolute atomic E-state index is 0.0249. The molecule has 292 valence electrons. The van der Waals surface area contributed by atoms with Gasteiger partial charge in [-0.2, -0.15) is 0 Å². The van der Waals surface area contributed by atoms with Crippen molar-refractivity contribution in [3.05, 3.63) is 0 Å². The highest BCUT2D eigenvalue weighted by Gasteiger charge is 2.45. The Balaban J connectivity index is 1.52. The van der Waals surface area contributed by atoms with Gasteiger partial charge >= 0.3 is 0 Å². The molecule has 2 aliphatic rings. The summed E-state index contributed by atoms with van der Waals surface area (Å²) >= 11 is 0. The van der Waals surface area contributed by atoms with Crippen LogP contribution in [0.1, 0.15) is 91.4 Å². The van der Waals surface area contributed by atoms with Crippen molar-refractivity contribution in [2.24, 2.45) is 11.8 Å². The molecule has 0 aromatic rings. The second kappa shape index (κ2) is 24.3. The Kier molecular flexibility index (Phi) is 21.5. The third-order valence-corrected chi connectivity index (χ3v) is 9.21. The summed E-state index contributed by atoms with van der Waals surface area (Å²) in [6.45, 7) is 6.13. The molecular formula is C34H63N3O13. The fraction of sp³-hybridized carbons (Fsp3) is 0.912. The van der Waals surface area contributed by atoms with Crippen LogP contribution < -0.4 is 16.0 Å². The summed E-state index contributed by atoms with van der Waals surface area (Å²) in [7, 11) is 0. The van der Waals surface area contributed by atoms with E-state index in [2.05, 4.69) is 29.8 Å². The fourth-order valence-electron chi connectivity index (χ4n) is 5.89. The van der Waals surface area contributed by atoms with Crippen LogP contribution in [-0.4, -0.2) is 143 Å². The molecule has 50 heavy (non-hydrogen) atoms. The normalized spacial score (nSPS) is 29.0. The molecule has 0 saturated carbocycles. The van der Waals surface area contributed by atoms with Gasteiger partial charge in [0.15, 0.2) is 12.6 Å². The lowest BCUT2D eigenvalue weighted by atomic mass is 9.95. The van der Waals surface area contributed by atoms with Gasteiger partial charge in [-0.05, 0) is 37.5 Å². The Morgan fingerprint density at radius 3 is 1.76 bits per heavy atom. The molecule has 2 rings (SSSR count). The van der Waals surface area contributed by atoms with E-state index >= 15 is 0 Å². The summed E-state index contributed by atoms with van der Waals surface area (Å²) in [4.78, 5) is 36.4. The number of aliphatic hydroxyl groups is 6. The number of carbonyl (C=O) groups is 3. The Morgan fingerprint density at radius 1 is 0.720 bits per heavy atom. The SMILES string of the molecule is CC(=O)NC1C(OCCCCCCC(=O)NCC(CNC(=O)CCCCCCOC2CC(O)C(O)C(CO)O2)C(C)C)OC(CO)C(O)C1O. The third-order valence-electron chi connectivity index (χ3n) is 9.21. The highest BCUT2D eigenvalue weighted by molar-refractivity contribution is 5.76. The zero-order valence-electron chi connectivity index (χ0n) is 29.9. The van der Waals surface area contributed by atoms with Gasteiger partial charge in [-0.15, -0.1) is 0 Å². The van der Waals surface area contributed by atoms with Crippen molar-refractivity contribution >= 4 is 17.7 Å². The molecule has 10 atom stereocenters. The van der Waals surface area contributed by atoms with E-state index < -0.39 is 74.4 Å². The Bertz CT molecular complexity index is 977. The van der Waals surface area contributed by atoms with Gasteiger partial charge in [-0.3, -0.25) is 14.4 Å². The van der Waals surface area contributed by atoms with Crippen molar-refractivity contribution in [1.29, 1.82) is 0 Å². The number of ether oxygens (including phenoxy) is 4. The maximum atomic E-state index is 12.5. The monoisotopic (exact) mass is 721 g/mol. The van der Waals surface area contributed by atoms with E-state index in [0.717, 1.165) is 38.5 Å². The summed E-state index contributed by atoms with van der Waals surface area (Å²) in [6, 6.07) is -0.972. The lowest BCUT2D eigenvalue weighted by molar-refractivity contribution is -0.270. The second-order valence-electron chi connectivity index (χ2n) is 13.7. The number of rotatable bonds is 24. The van der Waals surface area contributed by atoms with Crippen LogP contribution in [-0.2, 0) is 33.3 Å². The lowest BCUT2D eigenvalue weighted by Gasteiger charge is -2.42. The third kappa shape index (κ3) is 16.1. The average molecular weight is 722 g/mol. The zero-order valence-corrected chi connectivity index (χ0v) is 29.9. The second-order valence-corrected chi connectivity index (χ2v) is 13.7. The van der Waals surface area contributed by atoms with Crippen LogP contribution in [0.4, 0.5) is 0 Å². The van der Waals surface area contributed by atoms with Crippen molar-refractivity contribution in [3.8, 4) is 0 Å². The van der Waals surface area contributed by atoms with E-state index in [0.29, 0.717) is 45.4 Å². The molecule has 2 fully saturated rings. The van der Waals surface area contributed by atoms with Crippen LogP contribution in [0.15, 0.2) is 0 Å². The number of unbranched alkanes of at least 4 members (excludes halogenated alkanes) is 6. The van der Waals surface area contributed by atoms with Crippen LogP contribution in [0.5, 0.6) is 0 Å². The Morgan fingerprint density at radius 2 is 1.24 bits per heavy atom. The van der Waals surface area contributed by atoms with E-state index in [-0.39, 0.29) is 36.7 Å². The molecule has 10 unspecified atom stereocenters. The van der Waals surface area contributed by atoms with Crippen molar-refractivity contribution in [2.45, 2.75) is 147 Å². The predicted molar refractivity (Wildman–Crippen MR) is 180 cm³/mol. The Labute approximate surface area is 295 Å². The van der Waals surface area contributed by atoms with Crippen molar-refractivity contribution in [3.63, 3.8) is 0 Å². The topological polar surface area (TPSA) is 246 Å². The zero-order chi connectivity index (χ0) is 37.1. The summed E-state index contributed by atoms with van der Waals surface area (Å²) in [6.07, 6.45) is -1.34. The van der Waals surface area contributed by atoms with Gasteiger partial charge in [0.2, 0.25) is 17.7 Å². The van der Waals surface area contributed by atoms with Crippen molar-refractivity contribution in [1.82, 2.24) is 16.0 Å². The average Bonchev–Trinajstić information content (AvgIpc) is 3.07. The first kappa shape index (κ1) is 44.2. The lowest BCUT2D eigenvalue weighted by Crippen LogP contribution is -2.64. The molecule has 9 N–H and O–H groups in total. The summed E-state index contributed by atoms with van der Waals surface area (Å²) in [5.74, 6) is -0.129. The van der Waals surface area contributed by atoms with Crippen molar-refractivity contribution < 1.29 is 64.0 Å². The van der Waals surface area contributed by atoms with Crippen molar-refractivity contribution in [2.75, 3.05) is 39.5 Å².